The maximum Gasteiger partial charge on any atom is 0.573 e. The van der Waals surface area contributed by atoms with Crippen LogP contribution in [0.1, 0.15) is 11.3 Å². The first kappa shape index (κ1) is 14.6. The zero-order valence-electron chi connectivity index (χ0n) is 10.6. The molecule has 2 rings (SSSR count). The summed E-state index contributed by atoms with van der Waals surface area (Å²) in [5.74, 6) is 0.0628. The summed E-state index contributed by atoms with van der Waals surface area (Å²) in [4.78, 5) is 8.35. The number of rotatable bonds is 2. The number of halogens is 4. The van der Waals surface area contributed by atoms with Crippen LogP contribution in [0.4, 0.5) is 13.2 Å². The van der Waals surface area contributed by atoms with E-state index >= 15 is 0 Å². The van der Waals surface area contributed by atoms with Crippen molar-refractivity contribution in [3.05, 3.63) is 40.7 Å². The molecule has 0 aliphatic heterocycles. The Morgan fingerprint density at radius 2 is 1.65 bits per heavy atom. The second-order valence-electron chi connectivity index (χ2n) is 4.12. The van der Waals surface area contributed by atoms with Gasteiger partial charge in [0.15, 0.2) is 5.82 Å². The summed E-state index contributed by atoms with van der Waals surface area (Å²) < 4.78 is 39.9. The summed E-state index contributed by atoms with van der Waals surface area (Å²) in [7, 11) is 0. The monoisotopic (exact) mass is 302 g/mol. The van der Waals surface area contributed by atoms with E-state index < -0.39 is 6.36 Å². The zero-order valence-corrected chi connectivity index (χ0v) is 11.4. The van der Waals surface area contributed by atoms with E-state index in [0.29, 0.717) is 16.5 Å². The van der Waals surface area contributed by atoms with Crippen LogP contribution in [0.5, 0.6) is 5.75 Å². The number of hydrogen-bond acceptors (Lipinski definition) is 3. The van der Waals surface area contributed by atoms with Crippen LogP contribution in [0.2, 0.25) is 5.15 Å². The molecule has 0 saturated carbocycles. The molecule has 7 heteroatoms. The van der Waals surface area contributed by atoms with E-state index in [9.17, 15) is 13.2 Å². The normalized spacial score (nSPS) is 11.5. The molecule has 1 aromatic heterocycles. The molecule has 0 spiro atoms. The molecule has 106 valence electrons. The van der Waals surface area contributed by atoms with Crippen molar-refractivity contribution in [1.29, 1.82) is 0 Å². The van der Waals surface area contributed by atoms with Gasteiger partial charge in [0.05, 0.1) is 0 Å². The van der Waals surface area contributed by atoms with Crippen molar-refractivity contribution in [2.75, 3.05) is 0 Å². The largest absolute Gasteiger partial charge is 0.573 e. The van der Waals surface area contributed by atoms with Gasteiger partial charge in [-0.1, -0.05) is 11.6 Å². The smallest absolute Gasteiger partial charge is 0.406 e. The summed E-state index contributed by atoms with van der Waals surface area (Å²) >= 11 is 5.96. The number of aryl methyl sites for hydroxylation is 1. The quantitative estimate of drug-likeness (QED) is 0.775. The Hall–Kier alpha value is -1.82. The number of benzene rings is 1. The lowest BCUT2D eigenvalue weighted by Gasteiger charge is -2.09. The first-order chi connectivity index (χ1) is 9.26. The van der Waals surface area contributed by atoms with Crippen LogP contribution in [0.15, 0.2) is 24.3 Å². The number of nitrogens with zero attached hydrogens (tertiary/aromatic N) is 2. The molecule has 1 heterocycles. The molecule has 0 fully saturated rings. The fraction of sp³-hybridized carbons (Fsp3) is 0.231. The van der Waals surface area contributed by atoms with Gasteiger partial charge in [-0.05, 0) is 38.1 Å². The van der Waals surface area contributed by atoms with Crippen LogP contribution >= 0.6 is 11.6 Å². The second kappa shape index (κ2) is 5.28. The highest BCUT2D eigenvalue weighted by Crippen LogP contribution is 2.26. The molecule has 3 nitrogen and oxygen atoms in total. The molecule has 0 aliphatic rings. The molecule has 0 aliphatic carbocycles. The fourth-order valence-corrected chi connectivity index (χ4v) is 1.75. The minimum Gasteiger partial charge on any atom is -0.406 e. The molecule has 0 saturated heterocycles. The van der Waals surface area contributed by atoms with Crippen LogP contribution in [-0.2, 0) is 0 Å². The highest BCUT2D eigenvalue weighted by atomic mass is 35.5. The molecular formula is C13H10ClF3N2O. The van der Waals surface area contributed by atoms with Crippen molar-refractivity contribution >= 4 is 11.6 Å². The van der Waals surface area contributed by atoms with Crippen LogP contribution in [-0.4, -0.2) is 16.3 Å². The lowest BCUT2D eigenvalue weighted by molar-refractivity contribution is -0.274. The Kier molecular flexibility index (Phi) is 3.85. The highest BCUT2D eigenvalue weighted by Gasteiger charge is 2.31. The van der Waals surface area contributed by atoms with Crippen molar-refractivity contribution in [3.8, 4) is 17.1 Å². The van der Waals surface area contributed by atoms with Gasteiger partial charge in [0, 0.05) is 16.8 Å². The molecule has 0 radical (unpaired) electrons. The van der Waals surface area contributed by atoms with E-state index in [1.54, 1.807) is 13.8 Å². The van der Waals surface area contributed by atoms with Gasteiger partial charge in [0.2, 0.25) is 0 Å². The summed E-state index contributed by atoms with van der Waals surface area (Å²) in [6.45, 7) is 3.58. The van der Waals surface area contributed by atoms with E-state index in [4.69, 9.17) is 11.6 Å². The average Bonchev–Trinajstić information content (AvgIpc) is 2.34. The number of ether oxygens (including phenoxy) is 1. The third-order valence-electron chi connectivity index (χ3n) is 2.68. The SMILES string of the molecule is Cc1nc(-c2ccc(OC(F)(F)F)cc2)nc(Cl)c1C. The minimum absolute atomic E-state index is 0.295. The summed E-state index contributed by atoms with van der Waals surface area (Å²) in [5.41, 5.74) is 2.05. The van der Waals surface area contributed by atoms with Crippen molar-refractivity contribution in [2.24, 2.45) is 0 Å². The first-order valence-electron chi connectivity index (χ1n) is 5.63. The maximum absolute atomic E-state index is 12.1. The van der Waals surface area contributed by atoms with Gasteiger partial charge >= 0.3 is 6.36 Å². The Labute approximate surface area is 118 Å². The Morgan fingerprint density at radius 3 is 2.15 bits per heavy atom. The highest BCUT2D eigenvalue weighted by molar-refractivity contribution is 6.30. The lowest BCUT2D eigenvalue weighted by atomic mass is 10.2. The Balaban J connectivity index is 2.31. The van der Waals surface area contributed by atoms with Crippen LogP contribution in [0.25, 0.3) is 11.4 Å². The molecule has 0 bridgehead atoms. The minimum atomic E-state index is -4.71. The van der Waals surface area contributed by atoms with Crippen molar-refractivity contribution in [1.82, 2.24) is 9.97 Å². The molecule has 0 unspecified atom stereocenters. The predicted octanol–water partition coefficient (Wildman–Crippen LogP) is 4.31. The molecule has 20 heavy (non-hydrogen) atoms. The summed E-state index contributed by atoms with van der Waals surface area (Å²) in [6.07, 6.45) is -4.71. The molecule has 1 aromatic carbocycles. The number of hydrogen-bond donors (Lipinski definition) is 0. The van der Waals surface area contributed by atoms with Gasteiger partial charge in [-0.25, -0.2) is 9.97 Å². The number of alkyl halides is 3. The topological polar surface area (TPSA) is 35.0 Å². The molecule has 2 aromatic rings. The van der Waals surface area contributed by atoms with Crippen molar-refractivity contribution in [3.63, 3.8) is 0 Å². The van der Waals surface area contributed by atoms with Crippen LogP contribution < -0.4 is 4.74 Å². The average molecular weight is 303 g/mol. The van der Waals surface area contributed by atoms with Gasteiger partial charge in [-0.15, -0.1) is 13.2 Å². The molecule has 0 amide bonds. The van der Waals surface area contributed by atoms with E-state index in [2.05, 4.69) is 14.7 Å². The van der Waals surface area contributed by atoms with Gasteiger partial charge in [0.25, 0.3) is 0 Å². The zero-order chi connectivity index (χ0) is 14.9. The fourth-order valence-electron chi connectivity index (χ4n) is 1.53. The predicted molar refractivity (Wildman–Crippen MR) is 68.6 cm³/mol. The maximum atomic E-state index is 12.1. The van der Waals surface area contributed by atoms with Gasteiger partial charge in [0.1, 0.15) is 10.9 Å². The molecule has 0 N–H and O–H groups in total. The second-order valence-corrected chi connectivity index (χ2v) is 4.48. The summed E-state index contributed by atoms with van der Waals surface area (Å²) in [6, 6.07) is 5.30. The van der Waals surface area contributed by atoms with E-state index in [1.165, 1.54) is 24.3 Å². The first-order valence-corrected chi connectivity index (χ1v) is 6.01. The van der Waals surface area contributed by atoms with Gasteiger partial charge in [-0.3, -0.25) is 0 Å². The van der Waals surface area contributed by atoms with Gasteiger partial charge < -0.3 is 4.74 Å². The van der Waals surface area contributed by atoms with Crippen molar-refractivity contribution < 1.29 is 17.9 Å². The standard InChI is InChI=1S/C13H10ClF3N2O/c1-7-8(2)18-12(19-11(7)14)9-3-5-10(6-4-9)20-13(15,16)17/h3-6H,1-2H3. The Bertz CT molecular complexity index is 603. The lowest BCUT2D eigenvalue weighted by Crippen LogP contribution is -2.16. The van der Waals surface area contributed by atoms with E-state index in [-0.39, 0.29) is 5.75 Å². The van der Waals surface area contributed by atoms with Crippen molar-refractivity contribution in [2.45, 2.75) is 20.2 Å². The van der Waals surface area contributed by atoms with E-state index in [1.807, 2.05) is 0 Å². The summed E-state index contributed by atoms with van der Waals surface area (Å²) in [5, 5.41) is 0.322. The molecular weight excluding hydrogens is 293 g/mol. The van der Waals surface area contributed by atoms with Crippen LogP contribution in [0, 0.1) is 13.8 Å². The van der Waals surface area contributed by atoms with Crippen LogP contribution in [0.3, 0.4) is 0 Å². The van der Waals surface area contributed by atoms with E-state index in [0.717, 1.165) is 11.3 Å². The third kappa shape index (κ3) is 3.39. The number of aromatic nitrogens is 2. The third-order valence-corrected chi connectivity index (χ3v) is 3.04. The Morgan fingerprint density at radius 1 is 1.05 bits per heavy atom. The molecule has 0 atom stereocenters. The van der Waals surface area contributed by atoms with Gasteiger partial charge in [-0.2, -0.15) is 0 Å².